The third-order valence-corrected chi connectivity index (χ3v) is 4.76. The SMILES string of the molecule is CCN(CC)c1ccc(NC(=O)c2cnc(N3CCOCC3)nc2C)cc1. The molecular weight excluding hydrogens is 342 g/mol. The quantitative estimate of drug-likeness (QED) is 0.844. The number of aryl methyl sites for hydroxylation is 1. The van der Waals surface area contributed by atoms with Crippen molar-refractivity contribution in [1.82, 2.24) is 9.97 Å². The number of ether oxygens (including phenoxy) is 1. The molecule has 1 aliphatic heterocycles. The largest absolute Gasteiger partial charge is 0.378 e. The molecule has 144 valence electrons. The summed E-state index contributed by atoms with van der Waals surface area (Å²) in [7, 11) is 0. The molecule has 7 heteroatoms. The second-order valence-electron chi connectivity index (χ2n) is 6.44. The molecule has 1 aromatic carbocycles. The summed E-state index contributed by atoms with van der Waals surface area (Å²) >= 11 is 0. The van der Waals surface area contributed by atoms with E-state index in [-0.39, 0.29) is 5.91 Å². The van der Waals surface area contributed by atoms with Crippen LogP contribution in [0.25, 0.3) is 0 Å². The lowest BCUT2D eigenvalue weighted by Crippen LogP contribution is -2.37. The predicted molar refractivity (Wildman–Crippen MR) is 108 cm³/mol. The molecule has 0 unspecified atom stereocenters. The number of aromatic nitrogens is 2. The second kappa shape index (κ2) is 8.81. The van der Waals surface area contributed by atoms with Crippen LogP contribution in [-0.4, -0.2) is 55.3 Å². The Morgan fingerprint density at radius 2 is 1.85 bits per heavy atom. The third-order valence-electron chi connectivity index (χ3n) is 4.76. The van der Waals surface area contributed by atoms with Crippen molar-refractivity contribution in [3.05, 3.63) is 41.7 Å². The molecular formula is C20H27N5O2. The van der Waals surface area contributed by atoms with Crippen LogP contribution in [0, 0.1) is 6.92 Å². The van der Waals surface area contributed by atoms with Crippen LogP contribution < -0.4 is 15.1 Å². The molecule has 0 spiro atoms. The van der Waals surface area contributed by atoms with Crippen LogP contribution in [0.3, 0.4) is 0 Å². The fourth-order valence-electron chi connectivity index (χ4n) is 3.14. The molecule has 0 atom stereocenters. The van der Waals surface area contributed by atoms with Gasteiger partial charge in [-0.15, -0.1) is 0 Å². The molecule has 27 heavy (non-hydrogen) atoms. The smallest absolute Gasteiger partial charge is 0.259 e. The highest BCUT2D eigenvalue weighted by atomic mass is 16.5. The van der Waals surface area contributed by atoms with Gasteiger partial charge in [-0.25, -0.2) is 9.97 Å². The molecule has 0 saturated carbocycles. The van der Waals surface area contributed by atoms with Crippen LogP contribution in [0.1, 0.15) is 29.9 Å². The maximum absolute atomic E-state index is 12.6. The van der Waals surface area contributed by atoms with Crippen LogP contribution in [0.15, 0.2) is 30.5 Å². The average molecular weight is 369 g/mol. The first-order chi connectivity index (χ1) is 13.1. The Balaban J connectivity index is 1.68. The Kier molecular flexibility index (Phi) is 6.24. The molecule has 1 amide bonds. The van der Waals surface area contributed by atoms with Crippen LogP contribution in [0.5, 0.6) is 0 Å². The highest BCUT2D eigenvalue weighted by molar-refractivity contribution is 6.04. The summed E-state index contributed by atoms with van der Waals surface area (Å²) < 4.78 is 5.35. The summed E-state index contributed by atoms with van der Waals surface area (Å²) in [5, 5.41) is 2.93. The van der Waals surface area contributed by atoms with Gasteiger partial charge in [0.15, 0.2) is 0 Å². The zero-order valence-corrected chi connectivity index (χ0v) is 16.2. The predicted octanol–water partition coefficient (Wildman–Crippen LogP) is 2.72. The fourth-order valence-corrected chi connectivity index (χ4v) is 3.14. The Morgan fingerprint density at radius 3 is 2.44 bits per heavy atom. The van der Waals surface area contributed by atoms with Crippen LogP contribution >= 0.6 is 0 Å². The van der Waals surface area contributed by atoms with E-state index in [0.717, 1.165) is 37.6 Å². The maximum atomic E-state index is 12.6. The number of rotatable bonds is 6. The summed E-state index contributed by atoms with van der Waals surface area (Å²) in [4.78, 5) is 25.8. The Hall–Kier alpha value is -2.67. The minimum atomic E-state index is -0.198. The van der Waals surface area contributed by atoms with E-state index in [1.807, 2.05) is 31.2 Å². The van der Waals surface area contributed by atoms with Crippen molar-refractivity contribution in [3.8, 4) is 0 Å². The summed E-state index contributed by atoms with van der Waals surface area (Å²) in [6, 6.07) is 7.88. The van der Waals surface area contributed by atoms with Gasteiger partial charge in [0.05, 0.1) is 24.5 Å². The van der Waals surface area contributed by atoms with Gasteiger partial charge in [-0.05, 0) is 45.0 Å². The number of nitrogens with one attached hydrogen (secondary N) is 1. The lowest BCUT2D eigenvalue weighted by Gasteiger charge is -2.27. The topological polar surface area (TPSA) is 70.6 Å². The standard InChI is InChI=1S/C20H27N5O2/c1-4-24(5-2)17-8-6-16(7-9-17)23-19(26)18-14-21-20(22-15(18)3)25-10-12-27-13-11-25/h6-9,14H,4-5,10-13H2,1-3H3,(H,23,26). The first-order valence-electron chi connectivity index (χ1n) is 9.45. The van der Waals surface area contributed by atoms with E-state index in [9.17, 15) is 4.79 Å². The molecule has 1 fully saturated rings. The molecule has 1 saturated heterocycles. The van der Waals surface area contributed by atoms with Crippen molar-refractivity contribution in [2.45, 2.75) is 20.8 Å². The fraction of sp³-hybridized carbons (Fsp3) is 0.450. The van der Waals surface area contributed by atoms with E-state index >= 15 is 0 Å². The van der Waals surface area contributed by atoms with Crippen molar-refractivity contribution in [1.29, 1.82) is 0 Å². The van der Waals surface area contributed by atoms with Crippen molar-refractivity contribution in [3.63, 3.8) is 0 Å². The number of carbonyl (C=O) groups is 1. The number of carbonyl (C=O) groups excluding carboxylic acids is 1. The maximum Gasteiger partial charge on any atom is 0.259 e. The van der Waals surface area contributed by atoms with Crippen molar-refractivity contribution < 1.29 is 9.53 Å². The Bertz CT molecular complexity index is 768. The number of morpholine rings is 1. The van der Waals surface area contributed by atoms with E-state index in [4.69, 9.17) is 4.74 Å². The van der Waals surface area contributed by atoms with E-state index in [1.165, 1.54) is 0 Å². The van der Waals surface area contributed by atoms with Crippen molar-refractivity contribution in [2.75, 3.05) is 54.5 Å². The van der Waals surface area contributed by atoms with Crippen LogP contribution in [0.2, 0.25) is 0 Å². The summed E-state index contributed by atoms with van der Waals surface area (Å²) in [6.45, 7) is 10.9. The van der Waals surface area contributed by atoms with E-state index in [1.54, 1.807) is 6.20 Å². The molecule has 0 aliphatic carbocycles. The number of benzene rings is 1. The molecule has 2 aromatic rings. The number of hydrogen-bond acceptors (Lipinski definition) is 6. The van der Waals surface area contributed by atoms with Gasteiger partial charge in [-0.3, -0.25) is 4.79 Å². The van der Waals surface area contributed by atoms with Gasteiger partial charge in [0, 0.05) is 43.8 Å². The van der Waals surface area contributed by atoms with Crippen molar-refractivity contribution in [2.24, 2.45) is 0 Å². The summed E-state index contributed by atoms with van der Waals surface area (Å²) in [5.74, 6) is 0.451. The van der Waals surface area contributed by atoms with Crippen molar-refractivity contribution >= 4 is 23.2 Å². The molecule has 1 aliphatic rings. The zero-order chi connectivity index (χ0) is 19.2. The Labute approximate surface area is 160 Å². The molecule has 3 rings (SSSR count). The second-order valence-corrected chi connectivity index (χ2v) is 6.44. The van der Waals surface area contributed by atoms with E-state index in [0.29, 0.717) is 30.4 Å². The highest BCUT2D eigenvalue weighted by Crippen LogP contribution is 2.19. The van der Waals surface area contributed by atoms with Crippen LogP contribution in [-0.2, 0) is 4.74 Å². The molecule has 1 aromatic heterocycles. The van der Waals surface area contributed by atoms with Gasteiger partial charge in [0.2, 0.25) is 5.95 Å². The lowest BCUT2D eigenvalue weighted by atomic mass is 10.2. The van der Waals surface area contributed by atoms with Gasteiger partial charge in [0.25, 0.3) is 5.91 Å². The van der Waals surface area contributed by atoms with E-state index < -0.39 is 0 Å². The van der Waals surface area contributed by atoms with E-state index in [2.05, 4.69) is 38.9 Å². The average Bonchev–Trinajstić information content (AvgIpc) is 2.70. The van der Waals surface area contributed by atoms with Gasteiger partial charge in [-0.2, -0.15) is 0 Å². The number of hydrogen-bond donors (Lipinski definition) is 1. The minimum Gasteiger partial charge on any atom is -0.378 e. The Morgan fingerprint density at radius 1 is 1.19 bits per heavy atom. The number of anilines is 3. The van der Waals surface area contributed by atoms with Gasteiger partial charge in [0.1, 0.15) is 0 Å². The molecule has 1 N–H and O–H groups in total. The zero-order valence-electron chi connectivity index (χ0n) is 16.2. The monoisotopic (exact) mass is 369 g/mol. The number of amides is 1. The molecule has 0 bridgehead atoms. The van der Waals surface area contributed by atoms with Gasteiger partial charge in [-0.1, -0.05) is 0 Å². The first-order valence-corrected chi connectivity index (χ1v) is 9.45. The molecule has 0 radical (unpaired) electrons. The van der Waals surface area contributed by atoms with Gasteiger partial charge < -0.3 is 19.9 Å². The normalized spacial score (nSPS) is 14.1. The molecule has 2 heterocycles. The van der Waals surface area contributed by atoms with Crippen LogP contribution in [0.4, 0.5) is 17.3 Å². The number of nitrogens with zero attached hydrogens (tertiary/aromatic N) is 4. The summed E-state index contributed by atoms with van der Waals surface area (Å²) in [5.41, 5.74) is 3.06. The summed E-state index contributed by atoms with van der Waals surface area (Å²) in [6.07, 6.45) is 1.60. The minimum absolute atomic E-state index is 0.198. The molecule has 7 nitrogen and oxygen atoms in total. The first kappa shape index (κ1) is 19.1. The highest BCUT2D eigenvalue weighted by Gasteiger charge is 2.17. The third kappa shape index (κ3) is 4.54. The van der Waals surface area contributed by atoms with Gasteiger partial charge >= 0.3 is 0 Å². The lowest BCUT2D eigenvalue weighted by molar-refractivity contribution is 0.102.